The smallest absolute Gasteiger partial charge is 0.308 e. The molecule has 0 radical (unpaired) electrons. The topological polar surface area (TPSA) is 50.2 Å². The van der Waals surface area contributed by atoms with Gasteiger partial charge in [-0.3, -0.25) is 4.79 Å². The highest BCUT2D eigenvalue weighted by atomic mass is 32.1. The minimum Gasteiger partial charge on any atom is -0.481 e. The molecule has 0 aliphatic carbocycles. The van der Waals surface area contributed by atoms with Crippen LogP contribution in [0, 0.1) is 12.3 Å². The highest BCUT2D eigenvalue weighted by Crippen LogP contribution is 2.26. The maximum Gasteiger partial charge on any atom is 0.308 e. The van der Waals surface area contributed by atoms with Crippen molar-refractivity contribution < 1.29 is 9.90 Å². The minimum atomic E-state index is -0.788. The fraction of sp³-hybridized carbons (Fsp3) is 0.636. The molecule has 0 saturated carbocycles. The molecule has 1 rings (SSSR count). The lowest BCUT2D eigenvalue weighted by atomic mass is 9.93. The molecule has 1 heterocycles. The molecule has 0 bridgehead atoms. The van der Waals surface area contributed by atoms with E-state index in [-0.39, 0.29) is 11.8 Å². The van der Waals surface area contributed by atoms with Gasteiger partial charge in [0.15, 0.2) is 0 Å². The predicted octanol–water partition coefficient (Wildman–Crippen LogP) is 2.67. The van der Waals surface area contributed by atoms with Crippen LogP contribution in [0.2, 0.25) is 0 Å². The van der Waals surface area contributed by atoms with Crippen LogP contribution in [0.4, 0.5) is 0 Å². The third-order valence-corrected chi connectivity index (χ3v) is 3.09. The molecular formula is C11H17NO2S. The summed E-state index contributed by atoms with van der Waals surface area (Å²) in [6, 6.07) is 0. The number of thiazole rings is 1. The lowest BCUT2D eigenvalue weighted by molar-refractivity contribution is -0.136. The van der Waals surface area contributed by atoms with Gasteiger partial charge in [0.1, 0.15) is 0 Å². The van der Waals surface area contributed by atoms with Crippen LogP contribution in [-0.4, -0.2) is 16.1 Å². The number of rotatable bonds is 3. The van der Waals surface area contributed by atoms with E-state index in [2.05, 4.69) is 25.8 Å². The number of aromatic nitrogens is 1. The van der Waals surface area contributed by atoms with Crippen LogP contribution in [-0.2, 0) is 17.6 Å². The van der Waals surface area contributed by atoms with Gasteiger partial charge >= 0.3 is 5.97 Å². The van der Waals surface area contributed by atoms with Gasteiger partial charge in [-0.15, -0.1) is 11.3 Å². The van der Waals surface area contributed by atoms with Gasteiger partial charge in [0, 0.05) is 11.3 Å². The third-order valence-electron chi connectivity index (χ3n) is 1.93. The molecule has 0 saturated heterocycles. The van der Waals surface area contributed by atoms with Crippen molar-refractivity contribution in [3.05, 3.63) is 15.6 Å². The number of aliphatic carboxylic acids is 1. The lowest BCUT2D eigenvalue weighted by Gasteiger charge is -2.15. The van der Waals surface area contributed by atoms with Gasteiger partial charge in [0.25, 0.3) is 0 Å². The van der Waals surface area contributed by atoms with Gasteiger partial charge in [-0.25, -0.2) is 4.98 Å². The fourth-order valence-electron chi connectivity index (χ4n) is 1.32. The Bertz CT molecular complexity index is 363. The summed E-state index contributed by atoms with van der Waals surface area (Å²) in [5, 5.41) is 9.75. The SMILES string of the molecule is Cc1nc(CC(C)(C)C)sc1CC(=O)O. The summed E-state index contributed by atoms with van der Waals surface area (Å²) in [6.45, 7) is 8.34. The van der Waals surface area contributed by atoms with Crippen molar-refractivity contribution in [2.75, 3.05) is 0 Å². The molecular weight excluding hydrogens is 210 g/mol. The number of hydrogen-bond donors (Lipinski definition) is 1. The Morgan fingerprint density at radius 1 is 1.47 bits per heavy atom. The summed E-state index contributed by atoms with van der Waals surface area (Å²) in [5.74, 6) is -0.788. The molecule has 0 fully saturated rings. The van der Waals surface area contributed by atoms with Gasteiger partial charge in [0.05, 0.1) is 17.1 Å². The first-order valence-electron chi connectivity index (χ1n) is 4.95. The summed E-state index contributed by atoms with van der Waals surface area (Å²) in [7, 11) is 0. The number of nitrogens with zero attached hydrogens (tertiary/aromatic N) is 1. The maximum atomic E-state index is 10.6. The van der Waals surface area contributed by atoms with E-state index in [9.17, 15) is 4.79 Å². The van der Waals surface area contributed by atoms with Crippen molar-refractivity contribution in [3.8, 4) is 0 Å². The Kier molecular flexibility index (Phi) is 3.50. The van der Waals surface area contributed by atoms with Crippen molar-refractivity contribution in [2.45, 2.75) is 40.5 Å². The zero-order valence-electron chi connectivity index (χ0n) is 9.63. The van der Waals surface area contributed by atoms with Gasteiger partial charge < -0.3 is 5.11 Å². The van der Waals surface area contributed by atoms with Crippen LogP contribution in [0.15, 0.2) is 0 Å². The van der Waals surface area contributed by atoms with Gasteiger partial charge in [-0.2, -0.15) is 0 Å². The average molecular weight is 227 g/mol. The second kappa shape index (κ2) is 4.31. The monoisotopic (exact) mass is 227 g/mol. The summed E-state index contributed by atoms with van der Waals surface area (Å²) in [5.41, 5.74) is 1.06. The first-order chi connectivity index (χ1) is 6.78. The summed E-state index contributed by atoms with van der Waals surface area (Å²) < 4.78 is 0. The summed E-state index contributed by atoms with van der Waals surface area (Å²) in [6.07, 6.45) is 0.992. The van der Waals surface area contributed by atoms with Crippen molar-refractivity contribution >= 4 is 17.3 Å². The second-order valence-corrected chi connectivity index (χ2v) is 6.09. The number of carboxylic acid groups (broad SMARTS) is 1. The zero-order valence-corrected chi connectivity index (χ0v) is 10.4. The Hall–Kier alpha value is -0.900. The molecule has 0 aromatic carbocycles. The van der Waals surface area contributed by atoms with Crippen LogP contribution < -0.4 is 0 Å². The lowest BCUT2D eigenvalue weighted by Crippen LogP contribution is -2.08. The molecule has 1 aromatic heterocycles. The summed E-state index contributed by atoms with van der Waals surface area (Å²) >= 11 is 1.52. The molecule has 15 heavy (non-hydrogen) atoms. The largest absolute Gasteiger partial charge is 0.481 e. The van der Waals surface area contributed by atoms with Gasteiger partial charge in [-0.1, -0.05) is 20.8 Å². The van der Waals surface area contributed by atoms with Gasteiger partial charge in [-0.05, 0) is 12.3 Å². The molecule has 0 unspecified atom stereocenters. The van der Waals surface area contributed by atoms with Crippen molar-refractivity contribution in [1.82, 2.24) is 4.98 Å². The third kappa shape index (κ3) is 4.00. The normalized spacial score (nSPS) is 11.7. The van der Waals surface area contributed by atoms with Crippen molar-refractivity contribution in [3.63, 3.8) is 0 Å². The molecule has 0 aliphatic rings. The Labute approximate surface area is 94.2 Å². The fourth-order valence-corrected chi connectivity index (χ4v) is 2.68. The number of aryl methyl sites for hydroxylation is 1. The quantitative estimate of drug-likeness (QED) is 0.863. The van der Waals surface area contributed by atoms with E-state index in [4.69, 9.17) is 5.11 Å². The molecule has 1 aromatic rings. The van der Waals surface area contributed by atoms with E-state index >= 15 is 0 Å². The molecule has 0 amide bonds. The molecule has 84 valence electrons. The molecule has 0 aliphatic heterocycles. The van der Waals surface area contributed by atoms with E-state index < -0.39 is 5.97 Å². The van der Waals surface area contributed by atoms with Gasteiger partial charge in [0.2, 0.25) is 0 Å². The Morgan fingerprint density at radius 3 is 2.53 bits per heavy atom. The molecule has 4 heteroatoms. The first-order valence-corrected chi connectivity index (χ1v) is 5.76. The number of hydrogen-bond acceptors (Lipinski definition) is 3. The molecule has 3 nitrogen and oxygen atoms in total. The van der Waals surface area contributed by atoms with E-state index in [1.807, 2.05) is 6.92 Å². The first kappa shape index (κ1) is 12.2. The second-order valence-electron chi connectivity index (χ2n) is 4.92. The van der Waals surface area contributed by atoms with Crippen LogP contribution in [0.5, 0.6) is 0 Å². The van der Waals surface area contributed by atoms with Crippen molar-refractivity contribution in [1.29, 1.82) is 0 Å². The number of carboxylic acids is 1. The van der Waals surface area contributed by atoms with Crippen LogP contribution >= 0.6 is 11.3 Å². The maximum absolute atomic E-state index is 10.6. The van der Waals surface area contributed by atoms with E-state index in [1.165, 1.54) is 11.3 Å². The molecule has 1 N–H and O–H groups in total. The molecule has 0 spiro atoms. The van der Waals surface area contributed by atoms with E-state index in [0.717, 1.165) is 22.0 Å². The number of carbonyl (C=O) groups is 1. The predicted molar refractivity (Wildman–Crippen MR) is 61.3 cm³/mol. The highest BCUT2D eigenvalue weighted by molar-refractivity contribution is 7.11. The van der Waals surface area contributed by atoms with E-state index in [1.54, 1.807) is 0 Å². The van der Waals surface area contributed by atoms with Crippen LogP contribution in [0.1, 0.15) is 36.3 Å². The highest BCUT2D eigenvalue weighted by Gasteiger charge is 2.16. The van der Waals surface area contributed by atoms with E-state index in [0.29, 0.717) is 0 Å². The zero-order chi connectivity index (χ0) is 11.6. The standard InChI is InChI=1S/C11H17NO2S/c1-7-8(5-10(13)14)15-9(12-7)6-11(2,3)4/h5-6H2,1-4H3,(H,13,14). The Balaban J connectivity index is 2.81. The Morgan fingerprint density at radius 2 is 2.07 bits per heavy atom. The molecule has 0 atom stereocenters. The average Bonchev–Trinajstić information content (AvgIpc) is 2.26. The van der Waals surface area contributed by atoms with Crippen LogP contribution in [0.25, 0.3) is 0 Å². The van der Waals surface area contributed by atoms with Crippen LogP contribution in [0.3, 0.4) is 0 Å². The minimum absolute atomic E-state index is 0.0909. The van der Waals surface area contributed by atoms with Crippen molar-refractivity contribution in [2.24, 2.45) is 5.41 Å². The summed E-state index contributed by atoms with van der Waals surface area (Å²) in [4.78, 5) is 15.9.